The van der Waals surface area contributed by atoms with Gasteiger partial charge in [0.15, 0.2) is 0 Å². The monoisotopic (exact) mass is 389 g/mol. The normalized spacial score (nSPS) is 9.97. The Balaban J connectivity index is 1.50. The summed E-state index contributed by atoms with van der Waals surface area (Å²) in [6.45, 7) is 1.94. The van der Waals surface area contributed by atoms with E-state index in [1.165, 1.54) is 18.3 Å². The summed E-state index contributed by atoms with van der Waals surface area (Å²) in [5.74, 6) is -0.844. The maximum atomic E-state index is 12.2. The van der Waals surface area contributed by atoms with E-state index in [1.807, 2.05) is 19.1 Å². The lowest BCUT2D eigenvalue weighted by atomic mass is 10.2. The van der Waals surface area contributed by atoms with Crippen molar-refractivity contribution in [2.45, 2.75) is 6.92 Å². The Morgan fingerprint density at radius 3 is 2.03 bits per heavy atom. The lowest BCUT2D eigenvalue weighted by Gasteiger charge is -2.10. The number of hydrogen-bond donors (Lipinski definition) is 4. The van der Waals surface area contributed by atoms with Gasteiger partial charge in [-0.2, -0.15) is 0 Å². The minimum Gasteiger partial charge on any atom is -0.321 e. The van der Waals surface area contributed by atoms with Crippen LogP contribution < -0.4 is 21.5 Å². The smallest absolute Gasteiger partial charge is 0.321 e. The van der Waals surface area contributed by atoms with Crippen LogP contribution in [0.15, 0.2) is 72.9 Å². The molecule has 0 radical (unpaired) electrons. The van der Waals surface area contributed by atoms with E-state index in [2.05, 4.69) is 26.5 Å². The highest BCUT2D eigenvalue weighted by molar-refractivity contribution is 6.03. The van der Waals surface area contributed by atoms with Crippen molar-refractivity contribution >= 4 is 29.2 Å². The van der Waals surface area contributed by atoms with Crippen molar-refractivity contribution in [2.24, 2.45) is 0 Å². The molecule has 0 aliphatic heterocycles. The number of urea groups is 1. The average molecular weight is 389 g/mol. The summed E-state index contributed by atoms with van der Waals surface area (Å²) < 4.78 is 0. The quantitative estimate of drug-likeness (QED) is 0.514. The number of rotatable bonds is 4. The Bertz CT molecular complexity index is 1000. The van der Waals surface area contributed by atoms with Gasteiger partial charge < -0.3 is 10.6 Å². The number of nitrogens with zero attached hydrogens (tertiary/aromatic N) is 1. The van der Waals surface area contributed by atoms with Gasteiger partial charge in [-0.25, -0.2) is 10.2 Å². The lowest BCUT2D eigenvalue weighted by Crippen LogP contribution is -2.43. The number of anilines is 2. The Morgan fingerprint density at radius 1 is 0.724 bits per heavy atom. The van der Waals surface area contributed by atoms with Crippen molar-refractivity contribution in [3.05, 3.63) is 89.7 Å². The topological polar surface area (TPSA) is 112 Å². The summed E-state index contributed by atoms with van der Waals surface area (Å²) >= 11 is 0. The standard InChI is InChI=1S/C21H19N5O3/c1-14-5-9-17(10-6-14)24-21(29)26-25-19(27)15-7-11-16(12-8-15)23-20(28)18-4-2-3-13-22-18/h2-13H,1H3,(H,23,28)(H,25,27)(H2,24,26,29). The van der Waals surface area contributed by atoms with Crippen molar-refractivity contribution in [3.63, 3.8) is 0 Å². The van der Waals surface area contributed by atoms with Crippen LogP contribution in [0.25, 0.3) is 0 Å². The van der Waals surface area contributed by atoms with Crippen molar-refractivity contribution < 1.29 is 14.4 Å². The molecular formula is C21H19N5O3. The molecule has 0 aliphatic carbocycles. The van der Waals surface area contributed by atoms with Crippen LogP contribution in [0.1, 0.15) is 26.4 Å². The molecule has 0 atom stereocenters. The largest absolute Gasteiger partial charge is 0.337 e. The predicted molar refractivity (Wildman–Crippen MR) is 109 cm³/mol. The fourth-order valence-corrected chi connectivity index (χ4v) is 2.38. The number of carbonyl (C=O) groups excluding carboxylic acids is 3. The van der Waals surface area contributed by atoms with Gasteiger partial charge in [-0.1, -0.05) is 23.8 Å². The maximum Gasteiger partial charge on any atom is 0.337 e. The van der Waals surface area contributed by atoms with Crippen LogP contribution in [-0.2, 0) is 0 Å². The molecule has 4 amide bonds. The second kappa shape index (κ2) is 9.14. The van der Waals surface area contributed by atoms with E-state index in [-0.39, 0.29) is 11.6 Å². The van der Waals surface area contributed by atoms with E-state index < -0.39 is 11.9 Å². The number of hydrogen-bond acceptors (Lipinski definition) is 4. The highest BCUT2D eigenvalue weighted by atomic mass is 16.2. The number of carbonyl (C=O) groups is 3. The Kier molecular flexibility index (Phi) is 6.16. The number of pyridine rings is 1. The van der Waals surface area contributed by atoms with Gasteiger partial charge in [0.05, 0.1) is 0 Å². The van der Waals surface area contributed by atoms with E-state index in [0.29, 0.717) is 16.9 Å². The van der Waals surface area contributed by atoms with Crippen molar-refractivity contribution in [2.75, 3.05) is 10.6 Å². The van der Waals surface area contributed by atoms with Gasteiger partial charge in [0.1, 0.15) is 5.69 Å². The number of aryl methyl sites for hydroxylation is 1. The van der Waals surface area contributed by atoms with Crippen LogP contribution in [0, 0.1) is 6.92 Å². The van der Waals surface area contributed by atoms with E-state index in [9.17, 15) is 14.4 Å². The molecule has 0 unspecified atom stereocenters. The molecule has 146 valence electrons. The minimum absolute atomic E-state index is 0.290. The molecule has 0 spiro atoms. The van der Waals surface area contributed by atoms with E-state index >= 15 is 0 Å². The van der Waals surface area contributed by atoms with Crippen molar-refractivity contribution in [1.29, 1.82) is 0 Å². The molecule has 29 heavy (non-hydrogen) atoms. The molecule has 3 rings (SSSR count). The third-order valence-corrected chi connectivity index (χ3v) is 3.90. The lowest BCUT2D eigenvalue weighted by molar-refractivity contribution is 0.0937. The molecular weight excluding hydrogens is 370 g/mol. The Morgan fingerprint density at radius 2 is 1.38 bits per heavy atom. The predicted octanol–water partition coefficient (Wildman–Crippen LogP) is 3.11. The molecule has 0 aliphatic rings. The zero-order valence-electron chi connectivity index (χ0n) is 15.6. The fraction of sp³-hybridized carbons (Fsp3) is 0.0476. The van der Waals surface area contributed by atoms with Crippen LogP contribution in [0.4, 0.5) is 16.2 Å². The summed E-state index contributed by atoms with van der Waals surface area (Å²) in [6, 6.07) is 18.0. The zero-order chi connectivity index (χ0) is 20.6. The van der Waals surface area contributed by atoms with Gasteiger partial charge >= 0.3 is 6.03 Å². The summed E-state index contributed by atoms with van der Waals surface area (Å²) in [5.41, 5.74) is 7.40. The maximum absolute atomic E-state index is 12.2. The van der Waals surface area contributed by atoms with Crippen molar-refractivity contribution in [3.8, 4) is 0 Å². The van der Waals surface area contributed by atoms with Gasteiger partial charge in [-0.05, 0) is 55.5 Å². The van der Waals surface area contributed by atoms with E-state index in [0.717, 1.165) is 5.56 Å². The molecule has 0 bridgehead atoms. The highest BCUT2D eigenvalue weighted by Gasteiger charge is 2.10. The number of amides is 4. The third kappa shape index (κ3) is 5.64. The first-order chi connectivity index (χ1) is 14.0. The molecule has 0 saturated carbocycles. The summed E-state index contributed by atoms with van der Waals surface area (Å²) in [5, 5.41) is 5.30. The number of benzene rings is 2. The molecule has 8 nitrogen and oxygen atoms in total. The minimum atomic E-state index is -0.568. The summed E-state index contributed by atoms with van der Waals surface area (Å²) in [4.78, 5) is 40.0. The van der Waals surface area contributed by atoms with Crippen LogP contribution >= 0.6 is 0 Å². The average Bonchev–Trinajstić information content (AvgIpc) is 2.75. The zero-order valence-corrected chi connectivity index (χ0v) is 15.6. The second-order valence-corrected chi connectivity index (χ2v) is 6.15. The molecule has 0 saturated heterocycles. The SMILES string of the molecule is Cc1ccc(NC(=O)NNC(=O)c2ccc(NC(=O)c3ccccn3)cc2)cc1. The van der Waals surface area contributed by atoms with E-state index in [1.54, 1.807) is 42.5 Å². The van der Waals surface area contributed by atoms with Crippen LogP contribution in [0.2, 0.25) is 0 Å². The number of nitrogens with one attached hydrogen (secondary N) is 4. The van der Waals surface area contributed by atoms with Gasteiger partial charge in [0.25, 0.3) is 11.8 Å². The Hall–Kier alpha value is -4.20. The van der Waals surface area contributed by atoms with Gasteiger partial charge in [-0.3, -0.25) is 20.0 Å². The van der Waals surface area contributed by atoms with Crippen LogP contribution in [0.3, 0.4) is 0 Å². The first kappa shape index (κ1) is 19.6. The van der Waals surface area contributed by atoms with Crippen LogP contribution in [0.5, 0.6) is 0 Å². The molecule has 2 aromatic carbocycles. The second-order valence-electron chi connectivity index (χ2n) is 6.15. The van der Waals surface area contributed by atoms with Crippen LogP contribution in [-0.4, -0.2) is 22.8 Å². The van der Waals surface area contributed by atoms with Gasteiger partial charge in [0.2, 0.25) is 0 Å². The molecule has 0 fully saturated rings. The van der Waals surface area contributed by atoms with Gasteiger partial charge in [-0.15, -0.1) is 0 Å². The van der Waals surface area contributed by atoms with E-state index in [4.69, 9.17) is 0 Å². The molecule has 1 aromatic heterocycles. The first-order valence-corrected chi connectivity index (χ1v) is 8.78. The van der Waals surface area contributed by atoms with Gasteiger partial charge in [0, 0.05) is 23.1 Å². The molecule has 8 heteroatoms. The number of hydrazine groups is 1. The summed E-state index contributed by atoms with van der Waals surface area (Å²) in [6.07, 6.45) is 1.53. The third-order valence-electron chi connectivity index (χ3n) is 3.90. The first-order valence-electron chi connectivity index (χ1n) is 8.78. The molecule has 1 heterocycles. The Labute approximate surface area is 167 Å². The number of aromatic nitrogens is 1. The molecule has 4 N–H and O–H groups in total. The van der Waals surface area contributed by atoms with Crippen molar-refractivity contribution in [1.82, 2.24) is 15.8 Å². The highest BCUT2D eigenvalue weighted by Crippen LogP contribution is 2.11. The fourth-order valence-electron chi connectivity index (χ4n) is 2.38. The molecule has 3 aromatic rings. The summed E-state index contributed by atoms with van der Waals surface area (Å²) in [7, 11) is 0.